The number of hydrogen-bond acceptors (Lipinski definition) is 4. The maximum absolute atomic E-state index is 8.45. The summed E-state index contributed by atoms with van der Waals surface area (Å²) in [5.74, 6) is 0.564. The number of nitrogens with two attached hydrogens (primary N) is 1. The molecule has 0 aliphatic carbocycles. The van der Waals surface area contributed by atoms with E-state index < -0.39 is 0 Å². The molecule has 0 aliphatic heterocycles. The van der Waals surface area contributed by atoms with E-state index in [9.17, 15) is 0 Å². The van der Waals surface area contributed by atoms with Crippen molar-refractivity contribution in [1.29, 1.82) is 0 Å². The Bertz CT molecular complexity index is 54.0. The van der Waals surface area contributed by atoms with Gasteiger partial charge < -0.3 is 10.8 Å². The first-order chi connectivity index (χ1) is 3.72. The van der Waals surface area contributed by atoms with Gasteiger partial charge in [-0.1, -0.05) is 0 Å². The van der Waals surface area contributed by atoms with Gasteiger partial charge in [0, 0.05) is 17.0 Å². The third-order valence-electron chi connectivity index (χ3n) is 0.892. The Hall–Kier alpha value is 0.620. The molecular weight excluding hydrogens is 142 g/mol. The number of aliphatic hydroxyl groups is 1. The molecular formula is C4H11NOS2. The molecule has 4 heteroatoms. The van der Waals surface area contributed by atoms with Crippen molar-refractivity contribution in [3.8, 4) is 0 Å². The number of aliphatic hydroxyl groups excluding tert-OH is 1. The van der Waals surface area contributed by atoms with Crippen LogP contribution in [-0.2, 0) is 0 Å². The molecule has 0 aromatic rings. The first-order valence-corrected chi connectivity index (χ1v) is 3.52. The van der Waals surface area contributed by atoms with Crippen LogP contribution in [0.1, 0.15) is 0 Å². The fourth-order valence-electron chi connectivity index (χ4n) is 0.257. The van der Waals surface area contributed by atoms with Gasteiger partial charge >= 0.3 is 0 Å². The molecule has 3 N–H and O–H groups in total. The summed E-state index contributed by atoms with van der Waals surface area (Å²) in [4.78, 5) is 0. The zero-order chi connectivity index (χ0) is 6.57. The Morgan fingerprint density at radius 3 is 2.25 bits per heavy atom. The van der Waals surface area contributed by atoms with Crippen molar-refractivity contribution in [3.63, 3.8) is 0 Å². The molecule has 50 valence electrons. The molecule has 2 unspecified atom stereocenters. The van der Waals surface area contributed by atoms with E-state index in [0.717, 1.165) is 0 Å². The highest BCUT2D eigenvalue weighted by Gasteiger charge is 2.08. The SMILES string of the molecule is NC(CS)C(S)CO. The summed E-state index contributed by atoms with van der Waals surface area (Å²) in [6.07, 6.45) is 0. The number of rotatable bonds is 3. The first-order valence-electron chi connectivity index (χ1n) is 2.37. The van der Waals surface area contributed by atoms with Gasteiger partial charge in [0.05, 0.1) is 6.61 Å². The van der Waals surface area contributed by atoms with Crippen LogP contribution in [0.25, 0.3) is 0 Å². The van der Waals surface area contributed by atoms with Crippen LogP contribution in [0.4, 0.5) is 0 Å². The second-order valence-corrected chi connectivity index (χ2v) is 2.62. The summed E-state index contributed by atoms with van der Waals surface area (Å²) >= 11 is 7.90. The lowest BCUT2D eigenvalue weighted by Gasteiger charge is -2.12. The van der Waals surface area contributed by atoms with Crippen molar-refractivity contribution < 1.29 is 5.11 Å². The standard InChI is InChI=1S/C4H11NOS2/c5-3(2-7)4(8)1-6/h3-4,6-8H,1-2,5H2. The highest BCUT2D eigenvalue weighted by molar-refractivity contribution is 7.81. The van der Waals surface area contributed by atoms with Gasteiger partial charge in [-0.2, -0.15) is 25.3 Å². The number of hydrogen-bond donors (Lipinski definition) is 4. The highest BCUT2D eigenvalue weighted by atomic mass is 32.1. The van der Waals surface area contributed by atoms with Gasteiger partial charge in [-0.15, -0.1) is 0 Å². The largest absolute Gasteiger partial charge is 0.395 e. The quantitative estimate of drug-likeness (QED) is 0.414. The Morgan fingerprint density at radius 2 is 2.12 bits per heavy atom. The lowest BCUT2D eigenvalue weighted by atomic mass is 10.2. The summed E-state index contributed by atoms with van der Waals surface area (Å²) in [6.45, 7) is 0.0187. The van der Waals surface area contributed by atoms with E-state index in [1.54, 1.807) is 0 Å². The van der Waals surface area contributed by atoms with E-state index >= 15 is 0 Å². The minimum Gasteiger partial charge on any atom is -0.395 e. The second-order valence-electron chi connectivity index (χ2n) is 1.60. The van der Waals surface area contributed by atoms with Crippen LogP contribution < -0.4 is 5.73 Å². The van der Waals surface area contributed by atoms with Crippen LogP contribution in [0.3, 0.4) is 0 Å². The third-order valence-corrected chi connectivity index (χ3v) is 1.86. The summed E-state index contributed by atoms with van der Waals surface area (Å²) in [5.41, 5.74) is 5.41. The van der Waals surface area contributed by atoms with E-state index in [1.165, 1.54) is 0 Å². The molecule has 0 aromatic heterocycles. The van der Waals surface area contributed by atoms with Gasteiger partial charge in [-0.25, -0.2) is 0 Å². The minimum atomic E-state index is -0.132. The van der Waals surface area contributed by atoms with Gasteiger partial charge in [0.25, 0.3) is 0 Å². The smallest absolute Gasteiger partial charge is 0.0562 e. The van der Waals surface area contributed by atoms with Gasteiger partial charge in [-0.3, -0.25) is 0 Å². The molecule has 0 aromatic carbocycles. The maximum atomic E-state index is 8.45. The summed E-state index contributed by atoms with van der Waals surface area (Å²) in [6, 6.07) is -0.105. The lowest BCUT2D eigenvalue weighted by molar-refractivity contribution is 0.286. The van der Waals surface area contributed by atoms with Crippen LogP contribution in [0, 0.1) is 0 Å². The van der Waals surface area contributed by atoms with Crippen molar-refractivity contribution >= 4 is 25.3 Å². The lowest BCUT2D eigenvalue weighted by Crippen LogP contribution is -2.34. The molecule has 0 bridgehead atoms. The normalized spacial score (nSPS) is 18.0. The summed E-state index contributed by atoms with van der Waals surface area (Å²) < 4.78 is 0. The molecule has 0 spiro atoms. The third kappa shape index (κ3) is 2.81. The molecule has 0 aliphatic rings. The van der Waals surface area contributed by atoms with Crippen molar-refractivity contribution in [3.05, 3.63) is 0 Å². The van der Waals surface area contributed by atoms with E-state index in [1.807, 2.05) is 0 Å². The van der Waals surface area contributed by atoms with Crippen molar-refractivity contribution in [2.45, 2.75) is 11.3 Å². The maximum Gasteiger partial charge on any atom is 0.0562 e. The molecule has 8 heavy (non-hydrogen) atoms. The molecule has 0 heterocycles. The molecule has 0 amide bonds. The van der Waals surface area contributed by atoms with Crippen molar-refractivity contribution in [1.82, 2.24) is 0 Å². The van der Waals surface area contributed by atoms with Crippen molar-refractivity contribution in [2.75, 3.05) is 12.4 Å². The molecule has 0 radical (unpaired) electrons. The Morgan fingerprint density at radius 1 is 1.62 bits per heavy atom. The van der Waals surface area contributed by atoms with E-state index in [2.05, 4.69) is 25.3 Å². The van der Waals surface area contributed by atoms with Crippen LogP contribution in [-0.4, -0.2) is 28.8 Å². The average molecular weight is 153 g/mol. The molecule has 2 atom stereocenters. The van der Waals surface area contributed by atoms with Crippen LogP contribution in [0.2, 0.25) is 0 Å². The zero-order valence-electron chi connectivity index (χ0n) is 4.49. The van der Waals surface area contributed by atoms with Crippen LogP contribution in [0.15, 0.2) is 0 Å². The predicted molar refractivity (Wildman–Crippen MR) is 41.7 cm³/mol. The summed E-state index contributed by atoms with van der Waals surface area (Å²) in [5, 5.41) is 8.31. The molecule has 0 saturated carbocycles. The molecule has 0 saturated heterocycles. The molecule has 2 nitrogen and oxygen atoms in total. The number of thiol groups is 2. The Balaban J connectivity index is 3.29. The fourth-order valence-corrected chi connectivity index (χ4v) is 0.783. The van der Waals surface area contributed by atoms with Gasteiger partial charge in [0.15, 0.2) is 0 Å². The average Bonchev–Trinajstić information content (AvgIpc) is 1.84. The predicted octanol–water partition coefficient (Wildman–Crippen LogP) is -0.466. The Kier molecular flexibility index (Phi) is 4.84. The molecule has 0 fully saturated rings. The summed E-state index contributed by atoms with van der Waals surface area (Å²) in [7, 11) is 0. The highest BCUT2D eigenvalue weighted by Crippen LogP contribution is 1.99. The zero-order valence-corrected chi connectivity index (χ0v) is 6.28. The van der Waals surface area contributed by atoms with E-state index in [4.69, 9.17) is 10.8 Å². The molecule has 0 rings (SSSR count). The first kappa shape index (κ1) is 8.62. The monoisotopic (exact) mass is 153 g/mol. The minimum absolute atomic E-state index is 0.0187. The van der Waals surface area contributed by atoms with E-state index in [0.29, 0.717) is 5.75 Å². The topological polar surface area (TPSA) is 46.2 Å². The van der Waals surface area contributed by atoms with Crippen LogP contribution >= 0.6 is 25.3 Å². The van der Waals surface area contributed by atoms with Gasteiger partial charge in [0.1, 0.15) is 0 Å². The van der Waals surface area contributed by atoms with Gasteiger partial charge in [-0.05, 0) is 0 Å². The van der Waals surface area contributed by atoms with Crippen molar-refractivity contribution in [2.24, 2.45) is 5.73 Å². The second kappa shape index (κ2) is 4.49. The van der Waals surface area contributed by atoms with E-state index in [-0.39, 0.29) is 17.9 Å². The van der Waals surface area contributed by atoms with Crippen LogP contribution in [0.5, 0.6) is 0 Å². The van der Waals surface area contributed by atoms with Gasteiger partial charge in [0.2, 0.25) is 0 Å². The fraction of sp³-hybridized carbons (Fsp3) is 1.00. The Labute approximate surface area is 60.3 Å².